The third-order valence-electron chi connectivity index (χ3n) is 4.71. The Morgan fingerprint density at radius 1 is 1.09 bits per heavy atom. The van der Waals surface area contributed by atoms with Crippen LogP contribution in [-0.4, -0.2) is 46.9 Å². The normalized spacial score (nSPS) is 26.5. The average Bonchev–Trinajstić information content (AvgIpc) is 2.99. The Morgan fingerprint density at radius 2 is 1.68 bits per heavy atom. The molecule has 1 heterocycles. The Hall–Kier alpha value is -1.59. The van der Waals surface area contributed by atoms with Crippen molar-refractivity contribution in [3.05, 3.63) is 0 Å². The molecule has 3 atom stereocenters. The van der Waals surface area contributed by atoms with Gasteiger partial charge in [-0.2, -0.15) is 0 Å². The summed E-state index contributed by atoms with van der Waals surface area (Å²) in [4.78, 5) is 37.7. The number of aliphatic carboxylic acids is 1. The first-order chi connectivity index (χ1) is 10.5. The van der Waals surface area contributed by atoms with E-state index >= 15 is 0 Å². The molecule has 6 heteroatoms. The van der Waals surface area contributed by atoms with Crippen molar-refractivity contribution < 1.29 is 19.5 Å². The van der Waals surface area contributed by atoms with Gasteiger partial charge in [-0.1, -0.05) is 12.8 Å². The van der Waals surface area contributed by atoms with Crippen molar-refractivity contribution in [2.24, 2.45) is 11.8 Å². The Bertz CT molecular complexity index is 432. The van der Waals surface area contributed by atoms with Gasteiger partial charge >= 0.3 is 5.97 Å². The van der Waals surface area contributed by atoms with Gasteiger partial charge in [-0.15, -0.1) is 0 Å². The molecular weight excluding hydrogens is 284 g/mol. The van der Waals surface area contributed by atoms with Gasteiger partial charge in [-0.05, 0) is 32.6 Å². The lowest BCUT2D eigenvalue weighted by molar-refractivity contribution is -0.143. The van der Waals surface area contributed by atoms with Crippen molar-refractivity contribution in [1.29, 1.82) is 0 Å². The van der Waals surface area contributed by atoms with Crippen LogP contribution in [0.1, 0.15) is 51.9 Å². The number of carbonyl (C=O) groups excluding carboxylic acids is 2. The summed E-state index contributed by atoms with van der Waals surface area (Å²) in [5, 5.41) is 11.5. The molecule has 22 heavy (non-hydrogen) atoms. The molecule has 124 valence electrons. The number of amides is 2. The Kier molecular flexibility index (Phi) is 5.80. The second kappa shape index (κ2) is 7.61. The minimum absolute atomic E-state index is 0.0940. The second-order valence-electron chi connectivity index (χ2n) is 6.54. The summed E-state index contributed by atoms with van der Waals surface area (Å²) >= 11 is 0. The monoisotopic (exact) mass is 310 g/mol. The number of rotatable bonds is 5. The number of hydrogen-bond acceptors (Lipinski definition) is 3. The highest BCUT2D eigenvalue weighted by molar-refractivity contribution is 5.88. The van der Waals surface area contributed by atoms with Gasteiger partial charge in [0.05, 0.1) is 6.42 Å². The van der Waals surface area contributed by atoms with Crippen LogP contribution >= 0.6 is 0 Å². The van der Waals surface area contributed by atoms with Crippen LogP contribution in [0.5, 0.6) is 0 Å². The molecule has 0 aromatic rings. The van der Waals surface area contributed by atoms with Crippen molar-refractivity contribution in [2.75, 3.05) is 13.1 Å². The van der Waals surface area contributed by atoms with E-state index in [1.54, 1.807) is 6.92 Å². The van der Waals surface area contributed by atoms with E-state index in [2.05, 4.69) is 5.32 Å². The van der Waals surface area contributed by atoms with Crippen molar-refractivity contribution >= 4 is 17.8 Å². The van der Waals surface area contributed by atoms with Gasteiger partial charge in [0.25, 0.3) is 0 Å². The fraction of sp³-hybridized carbons (Fsp3) is 0.812. The van der Waals surface area contributed by atoms with E-state index in [-0.39, 0.29) is 30.1 Å². The van der Waals surface area contributed by atoms with Crippen molar-refractivity contribution in [3.8, 4) is 0 Å². The zero-order valence-corrected chi connectivity index (χ0v) is 13.2. The minimum atomic E-state index is -0.930. The first-order valence-electron chi connectivity index (χ1n) is 8.30. The van der Waals surface area contributed by atoms with Crippen LogP contribution in [-0.2, 0) is 14.4 Å². The largest absolute Gasteiger partial charge is 0.481 e. The fourth-order valence-corrected chi connectivity index (χ4v) is 3.58. The lowest BCUT2D eigenvalue weighted by atomic mass is 9.77. The summed E-state index contributed by atoms with van der Waals surface area (Å²) in [5.74, 6) is -1.52. The molecule has 1 aliphatic carbocycles. The number of nitrogens with one attached hydrogen (secondary N) is 1. The molecule has 2 amide bonds. The number of carboxylic acids is 1. The van der Waals surface area contributed by atoms with E-state index in [0.717, 1.165) is 51.6 Å². The van der Waals surface area contributed by atoms with Gasteiger partial charge in [-0.25, -0.2) is 0 Å². The van der Waals surface area contributed by atoms with Crippen LogP contribution in [0, 0.1) is 11.8 Å². The molecule has 1 saturated heterocycles. The molecule has 0 radical (unpaired) electrons. The molecule has 1 aliphatic heterocycles. The zero-order valence-electron chi connectivity index (χ0n) is 13.2. The summed E-state index contributed by atoms with van der Waals surface area (Å²) in [5.41, 5.74) is 0. The van der Waals surface area contributed by atoms with Gasteiger partial charge < -0.3 is 15.3 Å². The summed E-state index contributed by atoms with van der Waals surface area (Å²) in [6.07, 6.45) is 5.42. The van der Waals surface area contributed by atoms with Gasteiger partial charge in [0.1, 0.15) is 0 Å². The van der Waals surface area contributed by atoms with E-state index in [1.807, 2.05) is 4.90 Å². The maximum Gasteiger partial charge on any atom is 0.305 e. The highest BCUT2D eigenvalue weighted by atomic mass is 16.4. The van der Waals surface area contributed by atoms with Crippen LogP contribution in [0.15, 0.2) is 0 Å². The number of nitrogens with zero attached hydrogens (tertiary/aromatic N) is 1. The van der Waals surface area contributed by atoms with Crippen LogP contribution in [0.25, 0.3) is 0 Å². The molecule has 0 aromatic heterocycles. The molecule has 0 spiro atoms. The lowest BCUT2D eigenvalue weighted by Gasteiger charge is -2.33. The summed E-state index contributed by atoms with van der Waals surface area (Å²) in [6, 6.07) is -0.408. The van der Waals surface area contributed by atoms with E-state index in [0.29, 0.717) is 0 Å². The first kappa shape index (κ1) is 16.8. The standard InChI is InChI=1S/C16H26N2O4/c1-11(10-14(19)20)17-15(21)12-6-2-3-7-13(12)16(22)18-8-4-5-9-18/h11-13H,2-10H2,1H3,(H,17,21)(H,19,20). The highest BCUT2D eigenvalue weighted by Crippen LogP contribution is 2.32. The number of carboxylic acid groups (broad SMARTS) is 1. The average molecular weight is 310 g/mol. The summed E-state index contributed by atoms with van der Waals surface area (Å²) in [7, 11) is 0. The van der Waals surface area contributed by atoms with Gasteiger partial charge in [0.2, 0.25) is 11.8 Å². The van der Waals surface area contributed by atoms with Gasteiger partial charge in [0.15, 0.2) is 0 Å². The molecule has 2 aliphatic rings. The number of hydrogen-bond donors (Lipinski definition) is 2. The van der Waals surface area contributed by atoms with Crippen molar-refractivity contribution in [1.82, 2.24) is 10.2 Å². The topological polar surface area (TPSA) is 86.7 Å². The number of likely N-dealkylation sites (tertiary alicyclic amines) is 1. The smallest absolute Gasteiger partial charge is 0.305 e. The Labute approximate surface area is 131 Å². The van der Waals surface area contributed by atoms with E-state index < -0.39 is 12.0 Å². The molecule has 0 bridgehead atoms. The third-order valence-corrected chi connectivity index (χ3v) is 4.71. The third kappa shape index (κ3) is 4.21. The lowest BCUT2D eigenvalue weighted by Crippen LogP contribution is -2.46. The van der Waals surface area contributed by atoms with Crippen LogP contribution in [0.2, 0.25) is 0 Å². The maximum absolute atomic E-state index is 12.6. The van der Waals surface area contributed by atoms with Crippen molar-refractivity contribution in [2.45, 2.75) is 57.9 Å². The summed E-state index contributed by atoms with van der Waals surface area (Å²) < 4.78 is 0. The molecular formula is C16H26N2O4. The molecule has 1 saturated carbocycles. The van der Waals surface area contributed by atoms with Crippen molar-refractivity contribution in [3.63, 3.8) is 0 Å². The Morgan fingerprint density at radius 3 is 2.27 bits per heavy atom. The maximum atomic E-state index is 12.6. The van der Waals surface area contributed by atoms with Crippen LogP contribution < -0.4 is 5.32 Å². The highest BCUT2D eigenvalue weighted by Gasteiger charge is 2.38. The molecule has 2 fully saturated rings. The quantitative estimate of drug-likeness (QED) is 0.803. The van der Waals surface area contributed by atoms with Crippen LogP contribution in [0.4, 0.5) is 0 Å². The van der Waals surface area contributed by atoms with E-state index in [4.69, 9.17) is 5.11 Å². The predicted octanol–water partition coefficient (Wildman–Crippen LogP) is 1.39. The molecule has 2 N–H and O–H groups in total. The van der Waals surface area contributed by atoms with E-state index in [1.165, 1.54) is 0 Å². The van der Waals surface area contributed by atoms with Gasteiger partial charge in [0, 0.05) is 31.0 Å². The van der Waals surface area contributed by atoms with E-state index in [9.17, 15) is 14.4 Å². The number of carbonyl (C=O) groups is 3. The Balaban J connectivity index is 1.97. The zero-order chi connectivity index (χ0) is 16.1. The molecule has 3 unspecified atom stereocenters. The molecule has 6 nitrogen and oxygen atoms in total. The van der Waals surface area contributed by atoms with Crippen LogP contribution in [0.3, 0.4) is 0 Å². The second-order valence-corrected chi connectivity index (χ2v) is 6.54. The summed E-state index contributed by atoms with van der Waals surface area (Å²) in [6.45, 7) is 3.30. The first-order valence-corrected chi connectivity index (χ1v) is 8.30. The fourth-order valence-electron chi connectivity index (χ4n) is 3.58. The molecule has 0 aromatic carbocycles. The SMILES string of the molecule is CC(CC(=O)O)NC(=O)C1CCCCC1C(=O)N1CCCC1. The predicted molar refractivity (Wildman–Crippen MR) is 81.1 cm³/mol. The van der Waals surface area contributed by atoms with Gasteiger partial charge in [-0.3, -0.25) is 14.4 Å². The molecule has 2 rings (SSSR count). The minimum Gasteiger partial charge on any atom is -0.481 e.